The second-order valence-electron chi connectivity index (χ2n) is 3.07. The van der Waals surface area contributed by atoms with Gasteiger partial charge in [0.15, 0.2) is 0 Å². The minimum Gasteiger partial charge on any atom is -0.244 e. The first-order valence-corrected chi connectivity index (χ1v) is 3.61. The first kappa shape index (κ1) is 5.89. The normalized spacial score (nSPS) is 30.6. The second kappa shape index (κ2) is 1.81. The molecular weight excluding hydrogens is 128 g/mol. The molecule has 2 atom stereocenters. The van der Waals surface area contributed by atoms with Crippen LogP contribution in [0.1, 0.15) is 43.5 Å². The van der Waals surface area contributed by atoms with E-state index in [0.717, 1.165) is 11.4 Å². The summed E-state index contributed by atoms with van der Waals surface area (Å²) >= 11 is 0. The average molecular weight is 138 g/mol. The van der Waals surface area contributed by atoms with Crippen molar-refractivity contribution in [1.82, 2.24) is 10.3 Å². The quantitative estimate of drug-likeness (QED) is 0.547. The van der Waals surface area contributed by atoms with Gasteiger partial charge in [-0.2, -0.15) is 0 Å². The lowest BCUT2D eigenvalue weighted by atomic mass is 10.1. The van der Waals surface area contributed by atoms with Crippen molar-refractivity contribution in [3.8, 4) is 0 Å². The van der Waals surface area contributed by atoms with Gasteiger partial charge in [-0.05, 0) is 6.42 Å². The van der Waals surface area contributed by atoms with Crippen LogP contribution in [0.3, 0.4) is 0 Å². The van der Waals surface area contributed by atoms with Gasteiger partial charge in [-0.15, -0.1) is 0 Å². The molecule has 0 amide bonds. The van der Waals surface area contributed by atoms with E-state index in [1.807, 2.05) is 0 Å². The molecule has 2 rings (SSSR count). The third-order valence-corrected chi connectivity index (χ3v) is 2.18. The molecule has 1 aliphatic carbocycles. The highest BCUT2D eigenvalue weighted by Gasteiger charge is 2.30. The van der Waals surface area contributed by atoms with Crippen molar-refractivity contribution >= 4 is 0 Å². The summed E-state index contributed by atoms with van der Waals surface area (Å²) in [6.07, 6.45) is 1.17. The Labute approximate surface area is 59.4 Å². The van der Waals surface area contributed by atoms with Crippen LogP contribution in [0.15, 0.2) is 4.63 Å². The molecule has 1 heterocycles. The SMILES string of the molecule is C[C@@H]1C[C@H](C)c2nonc21. The number of hydrogen-bond donors (Lipinski definition) is 0. The number of aromatic nitrogens is 2. The van der Waals surface area contributed by atoms with Crippen molar-refractivity contribution in [2.24, 2.45) is 0 Å². The van der Waals surface area contributed by atoms with Crippen molar-refractivity contribution in [1.29, 1.82) is 0 Å². The van der Waals surface area contributed by atoms with E-state index in [1.165, 1.54) is 6.42 Å². The molecule has 3 heteroatoms. The van der Waals surface area contributed by atoms with E-state index in [2.05, 4.69) is 28.8 Å². The molecule has 0 N–H and O–H groups in total. The maximum Gasteiger partial charge on any atom is 0.111 e. The average Bonchev–Trinajstić information content (AvgIpc) is 2.39. The molecule has 0 saturated carbocycles. The summed E-state index contributed by atoms with van der Waals surface area (Å²) in [5.74, 6) is 1.08. The predicted molar refractivity (Wildman–Crippen MR) is 35.7 cm³/mol. The van der Waals surface area contributed by atoms with Crippen LogP contribution >= 0.6 is 0 Å². The van der Waals surface area contributed by atoms with Crippen LogP contribution in [0, 0.1) is 0 Å². The van der Waals surface area contributed by atoms with Gasteiger partial charge >= 0.3 is 0 Å². The van der Waals surface area contributed by atoms with Crippen molar-refractivity contribution in [2.45, 2.75) is 32.1 Å². The van der Waals surface area contributed by atoms with Gasteiger partial charge in [0.05, 0.1) is 0 Å². The summed E-state index contributed by atoms with van der Waals surface area (Å²) in [7, 11) is 0. The Hall–Kier alpha value is -0.860. The molecule has 0 aliphatic heterocycles. The highest BCUT2D eigenvalue weighted by atomic mass is 16.6. The lowest BCUT2D eigenvalue weighted by Crippen LogP contribution is -1.86. The smallest absolute Gasteiger partial charge is 0.111 e. The van der Waals surface area contributed by atoms with E-state index < -0.39 is 0 Å². The largest absolute Gasteiger partial charge is 0.244 e. The van der Waals surface area contributed by atoms with Gasteiger partial charge in [-0.1, -0.05) is 24.2 Å². The Balaban J connectivity index is 2.48. The first-order valence-electron chi connectivity index (χ1n) is 3.61. The van der Waals surface area contributed by atoms with Gasteiger partial charge in [-0.3, -0.25) is 0 Å². The fourth-order valence-electron chi connectivity index (χ4n) is 1.64. The molecule has 10 heavy (non-hydrogen) atoms. The van der Waals surface area contributed by atoms with Crippen molar-refractivity contribution in [3.05, 3.63) is 11.4 Å². The molecule has 54 valence electrons. The monoisotopic (exact) mass is 138 g/mol. The first-order chi connectivity index (χ1) is 4.79. The third-order valence-electron chi connectivity index (χ3n) is 2.18. The van der Waals surface area contributed by atoms with E-state index in [0.29, 0.717) is 11.8 Å². The maximum absolute atomic E-state index is 4.63. The summed E-state index contributed by atoms with van der Waals surface area (Å²) < 4.78 is 4.63. The van der Waals surface area contributed by atoms with Crippen molar-refractivity contribution < 1.29 is 4.63 Å². The van der Waals surface area contributed by atoms with Crippen LogP contribution in [0.4, 0.5) is 0 Å². The van der Waals surface area contributed by atoms with Gasteiger partial charge in [0.25, 0.3) is 0 Å². The molecule has 1 aliphatic rings. The molecule has 0 radical (unpaired) electrons. The molecule has 0 saturated heterocycles. The fraction of sp³-hybridized carbons (Fsp3) is 0.714. The van der Waals surface area contributed by atoms with Crippen LogP contribution in [0.2, 0.25) is 0 Å². The van der Waals surface area contributed by atoms with Crippen LogP contribution in [-0.4, -0.2) is 10.3 Å². The van der Waals surface area contributed by atoms with E-state index >= 15 is 0 Å². The topological polar surface area (TPSA) is 38.9 Å². The molecule has 3 nitrogen and oxygen atoms in total. The Morgan fingerprint density at radius 3 is 2.20 bits per heavy atom. The van der Waals surface area contributed by atoms with E-state index in [4.69, 9.17) is 0 Å². The van der Waals surface area contributed by atoms with Crippen LogP contribution in [0.5, 0.6) is 0 Å². The molecule has 0 aromatic carbocycles. The Kier molecular flexibility index (Phi) is 1.07. The highest BCUT2D eigenvalue weighted by Crippen LogP contribution is 2.38. The lowest BCUT2D eigenvalue weighted by Gasteiger charge is -1.98. The van der Waals surface area contributed by atoms with Crippen molar-refractivity contribution in [3.63, 3.8) is 0 Å². The van der Waals surface area contributed by atoms with Crippen LogP contribution in [0.25, 0.3) is 0 Å². The number of rotatable bonds is 0. The maximum atomic E-state index is 4.63. The summed E-state index contributed by atoms with van der Waals surface area (Å²) in [6.45, 7) is 4.32. The van der Waals surface area contributed by atoms with Crippen LogP contribution in [-0.2, 0) is 0 Å². The van der Waals surface area contributed by atoms with E-state index in [9.17, 15) is 0 Å². The van der Waals surface area contributed by atoms with Gasteiger partial charge in [0, 0.05) is 11.8 Å². The molecule has 0 fully saturated rings. The van der Waals surface area contributed by atoms with Crippen molar-refractivity contribution in [2.75, 3.05) is 0 Å². The lowest BCUT2D eigenvalue weighted by molar-refractivity contribution is 0.290. The predicted octanol–water partition coefficient (Wildman–Crippen LogP) is 1.68. The van der Waals surface area contributed by atoms with Gasteiger partial charge in [0.2, 0.25) is 0 Å². The zero-order valence-electron chi connectivity index (χ0n) is 6.16. The molecule has 0 spiro atoms. The highest BCUT2D eigenvalue weighted by molar-refractivity contribution is 5.23. The summed E-state index contributed by atoms with van der Waals surface area (Å²) in [5.41, 5.74) is 2.13. The Morgan fingerprint density at radius 2 is 1.70 bits per heavy atom. The molecule has 0 unspecified atom stereocenters. The minimum atomic E-state index is 0.538. The van der Waals surface area contributed by atoms with E-state index in [1.54, 1.807) is 0 Å². The van der Waals surface area contributed by atoms with Gasteiger partial charge in [0.1, 0.15) is 11.4 Å². The fourth-order valence-corrected chi connectivity index (χ4v) is 1.64. The number of hydrogen-bond acceptors (Lipinski definition) is 3. The zero-order valence-corrected chi connectivity index (χ0v) is 6.16. The molecule has 1 aromatic heterocycles. The minimum absolute atomic E-state index is 0.538. The summed E-state index contributed by atoms with van der Waals surface area (Å²) in [6, 6.07) is 0. The Morgan fingerprint density at radius 1 is 1.20 bits per heavy atom. The summed E-state index contributed by atoms with van der Waals surface area (Å²) in [5, 5.41) is 7.68. The Bertz CT molecular complexity index is 221. The molecular formula is C7H10N2O. The summed E-state index contributed by atoms with van der Waals surface area (Å²) in [4.78, 5) is 0. The standard InChI is InChI=1S/C7H10N2O/c1-4-3-5(2)7-6(4)8-10-9-7/h4-5H,3H2,1-2H3/t4-,5+. The zero-order chi connectivity index (χ0) is 7.14. The molecule has 1 aromatic rings. The van der Waals surface area contributed by atoms with E-state index in [-0.39, 0.29) is 0 Å². The van der Waals surface area contributed by atoms with Crippen LogP contribution < -0.4 is 0 Å². The number of fused-ring (bicyclic) bond motifs is 1. The second-order valence-corrected chi connectivity index (χ2v) is 3.07. The van der Waals surface area contributed by atoms with Gasteiger partial charge in [-0.25, -0.2) is 4.63 Å². The number of nitrogens with zero attached hydrogens (tertiary/aromatic N) is 2. The third kappa shape index (κ3) is 0.602. The molecule has 0 bridgehead atoms. The van der Waals surface area contributed by atoms with Gasteiger partial charge < -0.3 is 0 Å².